The van der Waals surface area contributed by atoms with Gasteiger partial charge in [0, 0.05) is 30.5 Å². The lowest BCUT2D eigenvalue weighted by atomic mass is 10.1. The quantitative estimate of drug-likeness (QED) is 0.748. The van der Waals surface area contributed by atoms with Gasteiger partial charge in [-0.05, 0) is 6.42 Å². The molecule has 18 heavy (non-hydrogen) atoms. The van der Waals surface area contributed by atoms with Crippen molar-refractivity contribution in [2.24, 2.45) is 0 Å². The Hall–Kier alpha value is -1.35. The van der Waals surface area contributed by atoms with E-state index in [4.69, 9.17) is 11.5 Å². The molecule has 2 unspecified atom stereocenters. The van der Waals surface area contributed by atoms with Gasteiger partial charge in [-0.25, -0.2) is 9.59 Å². The number of carbonyl (C=O) groups is 2. The molecule has 0 aromatic carbocycles. The van der Waals surface area contributed by atoms with Crippen molar-refractivity contribution in [3.63, 3.8) is 0 Å². The Bertz CT molecular complexity index is 354. The molecule has 1 rings (SSSR count). The highest BCUT2D eigenvalue weighted by Crippen LogP contribution is 2.17. The van der Waals surface area contributed by atoms with Gasteiger partial charge in [-0.1, -0.05) is 6.92 Å². The number of hydrogen-bond donors (Lipinski definition) is 2. The molecule has 1 aliphatic heterocycles. The van der Waals surface area contributed by atoms with Crippen LogP contribution in [0, 0.1) is 12.3 Å². The molecule has 2 amide bonds. The number of aliphatic carboxylic acids is 1. The van der Waals surface area contributed by atoms with Crippen molar-refractivity contribution < 1.29 is 14.7 Å². The van der Waals surface area contributed by atoms with Crippen molar-refractivity contribution in [1.82, 2.24) is 10.2 Å². The Kier molecular flexibility index (Phi) is 5.86. The van der Waals surface area contributed by atoms with Gasteiger partial charge < -0.3 is 15.3 Å². The third-order valence-corrected chi connectivity index (χ3v) is 3.88. The normalized spacial score (nSPS) is 20.9. The summed E-state index contributed by atoms with van der Waals surface area (Å²) in [4.78, 5) is 24.5. The van der Waals surface area contributed by atoms with Crippen LogP contribution in [0.3, 0.4) is 0 Å². The number of rotatable bonds is 4. The monoisotopic (exact) mass is 270 g/mol. The largest absolute Gasteiger partial charge is 0.480 e. The average Bonchev–Trinajstić information content (AvgIpc) is 2.38. The lowest BCUT2D eigenvalue weighted by molar-refractivity contribution is -0.141. The van der Waals surface area contributed by atoms with Crippen LogP contribution < -0.4 is 5.32 Å². The van der Waals surface area contributed by atoms with Crippen LogP contribution in [0.25, 0.3) is 0 Å². The van der Waals surface area contributed by atoms with Gasteiger partial charge in [-0.15, -0.1) is 12.3 Å². The number of nitrogens with one attached hydrogen (secondary N) is 1. The Morgan fingerprint density at radius 1 is 1.67 bits per heavy atom. The summed E-state index contributed by atoms with van der Waals surface area (Å²) in [7, 11) is 0. The van der Waals surface area contributed by atoms with Crippen molar-refractivity contribution in [2.75, 3.05) is 18.1 Å². The van der Waals surface area contributed by atoms with Crippen molar-refractivity contribution in [2.45, 2.75) is 31.8 Å². The molecule has 2 N–H and O–H groups in total. The molecule has 0 saturated carbocycles. The first-order chi connectivity index (χ1) is 8.60. The molecule has 0 bridgehead atoms. The molecule has 6 heteroatoms. The van der Waals surface area contributed by atoms with E-state index in [1.54, 1.807) is 11.8 Å². The minimum absolute atomic E-state index is 0.0912. The van der Waals surface area contributed by atoms with Crippen molar-refractivity contribution in [1.29, 1.82) is 0 Å². The summed E-state index contributed by atoms with van der Waals surface area (Å²) in [5.74, 6) is 2.76. The highest BCUT2D eigenvalue weighted by Gasteiger charge is 2.32. The smallest absolute Gasteiger partial charge is 0.327 e. The molecule has 100 valence electrons. The zero-order valence-electron chi connectivity index (χ0n) is 10.4. The van der Waals surface area contributed by atoms with Gasteiger partial charge in [0.05, 0.1) is 0 Å². The number of terminal acetylenes is 1. The van der Waals surface area contributed by atoms with Gasteiger partial charge in [0.15, 0.2) is 0 Å². The number of nitrogens with zero attached hydrogens (tertiary/aromatic N) is 1. The van der Waals surface area contributed by atoms with E-state index in [0.29, 0.717) is 18.7 Å². The summed E-state index contributed by atoms with van der Waals surface area (Å²) >= 11 is 1.55. The predicted octanol–water partition coefficient (Wildman–Crippen LogP) is 1.000. The fraction of sp³-hybridized carbons (Fsp3) is 0.667. The maximum absolute atomic E-state index is 12.0. The number of carbonyl (C=O) groups excluding carboxylic acids is 1. The number of carboxylic acid groups (broad SMARTS) is 1. The molecule has 1 aliphatic rings. The van der Waals surface area contributed by atoms with Gasteiger partial charge in [-0.3, -0.25) is 0 Å². The van der Waals surface area contributed by atoms with Gasteiger partial charge in [0.2, 0.25) is 0 Å². The summed E-state index contributed by atoms with van der Waals surface area (Å²) in [6, 6.07) is -1.16. The molecule has 2 atom stereocenters. The highest BCUT2D eigenvalue weighted by molar-refractivity contribution is 7.99. The van der Waals surface area contributed by atoms with Crippen LogP contribution in [-0.4, -0.2) is 52.1 Å². The molecular weight excluding hydrogens is 252 g/mol. The molecule has 0 aliphatic carbocycles. The fourth-order valence-electron chi connectivity index (χ4n) is 1.75. The third kappa shape index (κ3) is 3.84. The number of carboxylic acids is 1. The van der Waals surface area contributed by atoms with Gasteiger partial charge in [-0.2, -0.15) is 11.8 Å². The lowest BCUT2D eigenvalue weighted by Gasteiger charge is -2.33. The standard InChI is InChI=1S/C12H18N2O3S/c1-3-5-9(4-2)13-12(17)14-6-7-18-8-10(14)11(15)16/h1,9-10H,4-8H2,2H3,(H,13,17)(H,15,16). The van der Waals surface area contributed by atoms with Crippen LogP contribution >= 0.6 is 11.8 Å². The average molecular weight is 270 g/mol. The van der Waals surface area contributed by atoms with E-state index >= 15 is 0 Å². The Morgan fingerprint density at radius 3 is 2.94 bits per heavy atom. The number of hydrogen-bond acceptors (Lipinski definition) is 3. The maximum Gasteiger partial charge on any atom is 0.327 e. The molecule has 0 radical (unpaired) electrons. The first kappa shape index (κ1) is 14.7. The van der Waals surface area contributed by atoms with Gasteiger partial charge in [0.1, 0.15) is 6.04 Å². The van der Waals surface area contributed by atoms with E-state index in [9.17, 15) is 9.59 Å². The molecule has 1 fully saturated rings. The number of amides is 2. The predicted molar refractivity (Wildman–Crippen MR) is 71.5 cm³/mol. The third-order valence-electron chi connectivity index (χ3n) is 2.86. The van der Waals surface area contributed by atoms with E-state index in [2.05, 4.69) is 11.2 Å². The van der Waals surface area contributed by atoms with E-state index in [-0.39, 0.29) is 12.1 Å². The van der Waals surface area contributed by atoms with Gasteiger partial charge in [0.25, 0.3) is 0 Å². The summed E-state index contributed by atoms with van der Waals surface area (Å²) in [6.45, 7) is 2.39. The highest BCUT2D eigenvalue weighted by atomic mass is 32.2. The summed E-state index contributed by atoms with van der Waals surface area (Å²) in [6.07, 6.45) is 6.42. The van der Waals surface area contributed by atoms with Crippen molar-refractivity contribution >= 4 is 23.8 Å². The van der Waals surface area contributed by atoms with E-state index in [0.717, 1.165) is 12.2 Å². The Balaban J connectivity index is 2.63. The van der Waals surface area contributed by atoms with Gasteiger partial charge >= 0.3 is 12.0 Å². The zero-order chi connectivity index (χ0) is 13.5. The second kappa shape index (κ2) is 7.17. The molecule has 0 spiro atoms. The van der Waals surface area contributed by atoms with Crippen LogP contribution in [0.4, 0.5) is 4.79 Å². The van der Waals surface area contributed by atoms with E-state index in [1.807, 2.05) is 6.92 Å². The Labute approximate surface area is 111 Å². The van der Waals surface area contributed by atoms with Crippen LogP contribution in [0.1, 0.15) is 19.8 Å². The molecular formula is C12H18N2O3S. The van der Waals surface area contributed by atoms with Crippen molar-refractivity contribution in [3.8, 4) is 12.3 Å². The second-order valence-corrected chi connectivity index (χ2v) is 5.24. The maximum atomic E-state index is 12.0. The summed E-state index contributed by atoms with van der Waals surface area (Å²) in [5, 5.41) is 11.9. The first-order valence-corrected chi connectivity index (χ1v) is 7.06. The molecule has 1 heterocycles. The first-order valence-electron chi connectivity index (χ1n) is 5.91. The molecule has 0 aromatic rings. The molecule has 5 nitrogen and oxygen atoms in total. The zero-order valence-corrected chi connectivity index (χ0v) is 11.2. The van der Waals surface area contributed by atoms with Crippen LogP contribution in [-0.2, 0) is 4.79 Å². The topological polar surface area (TPSA) is 69.6 Å². The molecule has 0 aromatic heterocycles. The Morgan fingerprint density at radius 2 is 2.39 bits per heavy atom. The van der Waals surface area contributed by atoms with Crippen LogP contribution in [0.15, 0.2) is 0 Å². The van der Waals surface area contributed by atoms with E-state index < -0.39 is 12.0 Å². The summed E-state index contributed by atoms with van der Waals surface area (Å²) < 4.78 is 0. The molecule has 1 saturated heterocycles. The number of thioether (sulfide) groups is 1. The SMILES string of the molecule is C#CCC(CC)NC(=O)N1CCSCC1C(=O)O. The second-order valence-electron chi connectivity index (χ2n) is 4.09. The minimum atomic E-state index is -0.956. The summed E-state index contributed by atoms with van der Waals surface area (Å²) in [5.41, 5.74) is 0. The van der Waals surface area contributed by atoms with E-state index in [1.165, 1.54) is 4.90 Å². The van der Waals surface area contributed by atoms with Crippen molar-refractivity contribution in [3.05, 3.63) is 0 Å². The minimum Gasteiger partial charge on any atom is -0.480 e. The fourth-order valence-corrected chi connectivity index (χ4v) is 2.79. The van der Waals surface area contributed by atoms with Crippen LogP contribution in [0.5, 0.6) is 0 Å². The lowest BCUT2D eigenvalue weighted by Crippen LogP contribution is -2.55. The van der Waals surface area contributed by atoms with Crippen LogP contribution in [0.2, 0.25) is 0 Å². The number of urea groups is 1.